The van der Waals surface area contributed by atoms with Crippen molar-refractivity contribution in [1.82, 2.24) is 4.90 Å². The lowest BCUT2D eigenvalue weighted by Gasteiger charge is -2.38. The fourth-order valence-electron chi connectivity index (χ4n) is 3.87. The van der Waals surface area contributed by atoms with Crippen LogP contribution in [0.5, 0.6) is 0 Å². The first kappa shape index (κ1) is 17.5. The largest absolute Gasteiger partial charge is 0.327 e. The van der Waals surface area contributed by atoms with Crippen molar-refractivity contribution in [2.24, 2.45) is 0 Å². The molecule has 0 bridgehead atoms. The SMILES string of the molecule is CCc1ccc(C(=O)N2CCc3ccccc3[C@H]2c2ccccc2F)cc1. The van der Waals surface area contributed by atoms with E-state index in [4.69, 9.17) is 0 Å². The maximum atomic E-state index is 14.7. The highest BCUT2D eigenvalue weighted by Gasteiger charge is 2.33. The Bertz CT molecular complexity index is 964. The minimum atomic E-state index is -0.408. The summed E-state index contributed by atoms with van der Waals surface area (Å²) >= 11 is 0. The zero-order valence-corrected chi connectivity index (χ0v) is 15.4. The van der Waals surface area contributed by atoms with Crippen molar-refractivity contribution in [1.29, 1.82) is 0 Å². The van der Waals surface area contributed by atoms with Crippen molar-refractivity contribution in [3.63, 3.8) is 0 Å². The summed E-state index contributed by atoms with van der Waals surface area (Å²) in [4.78, 5) is 15.1. The Kier molecular flexibility index (Phi) is 4.76. The van der Waals surface area contributed by atoms with E-state index in [2.05, 4.69) is 13.0 Å². The van der Waals surface area contributed by atoms with E-state index in [1.807, 2.05) is 53.4 Å². The average molecular weight is 359 g/mol. The Balaban J connectivity index is 1.78. The second-order valence-corrected chi connectivity index (χ2v) is 6.92. The van der Waals surface area contributed by atoms with E-state index in [9.17, 15) is 9.18 Å². The Morgan fingerprint density at radius 2 is 1.63 bits per heavy atom. The van der Waals surface area contributed by atoms with Crippen LogP contribution in [-0.2, 0) is 12.8 Å². The Labute approximate surface area is 159 Å². The van der Waals surface area contributed by atoms with E-state index in [1.54, 1.807) is 12.1 Å². The normalized spacial score (nSPS) is 16.1. The van der Waals surface area contributed by atoms with Crippen LogP contribution in [0.4, 0.5) is 4.39 Å². The number of carbonyl (C=O) groups excluding carboxylic acids is 1. The molecule has 4 rings (SSSR count). The molecular weight excluding hydrogens is 337 g/mol. The molecule has 3 aromatic carbocycles. The Hall–Kier alpha value is -2.94. The van der Waals surface area contributed by atoms with Crippen molar-refractivity contribution in [2.75, 3.05) is 6.54 Å². The number of aryl methyl sites for hydroxylation is 1. The third kappa shape index (κ3) is 3.25. The van der Waals surface area contributed by atoms with Crippen LogP contribution in [0.25, 0.3) is 0 Å². The van der Waals surface area contributed by atoms with Gasteiger partial charge in [-0.2, -0.15) is 0 Å². The number of halogens is 1. The number of nitrogens with zero attached hydrogens (tertiary/aromatic N) is 1. The van der Waals surface area contributed by atoms with Gasteiger partial charge in [0.2, 0.25) is 0 Å². The number of hydrogen-bond acceptors (Lipinski definition) is 1. The van der Waals surface area contributed by atoms with Crippen LogP contribution in [0.3, 0.4) is 0 Å². The molecule has 2 nitrogen and oxygen atoms in total. The fourth-order valence-corrected chi connectivity index (χ4v) is 3.87. The lowest BCUT2D eigenvalue weighted by Crippen LogP contribution is -2.41. The van der Waals surface area contributed by atoms with Crippen LogP contribution < -0.4 is 0 Å². The van der Waals surface area contributed by atoms with Gasteiger partial charge in [-0.15, -0.1) is 0 Å². The van der Waals surface area contributed by atoms with E-state index in [1.165, 1.54) is 17.2 Å². The molecule has 1 aliphatic rings. The molecule has 0 saturated carbocycles. The Morgan fingerprint density at radius 3 is 2.33 bits per heavy atom. The molecule has 1 heterocycles. The standard InChI is InChI=1S/C24H22FNO/c1-2-17-11-13-19(14-12-17)24(27)26-16-15-18-7-3-4-8-20(18)23(26)21-9-5-6-10-22(21)25/h3-14,23H,2,15-16H2,1H3/t23-/m0/s1. The molecule has 1 amide bonds. The second kappa shape index (κ2) is 7.36. The first-order chi connectivity index (χ1) is 13.2. The summed E-state index contributed by atoms with van der Waals surface area (Å²) in [5.74, 6) is -0.334. The zero-order valence-electron chi connectivity index (χ0n) is 15.4. The molecule has 0 unspecified atom stereocenters. The van der Waals surface area contributed by atoms with Gasteiger partial charge in [-0.05, 0) is 47.7 Å². The van der Waals surface area contributed by atoms with Crippen molar-refractivity contribution >= 4 is 5.91 Å². The predicted molar refractivity (Wildman–Crippen MR) is 105 cm³/mol. The minimum absolute atomic E-state index is 0.0552. The van der Waals surface area contributed by atoms with Gasteiger partial charge in [-0.3, -0.25) is 4.79 Å². The van der Waals surface area contributed by atoms with Gasteiger partial charge >= 0.3 is 0 Å². The van der Waals surface area contributed by atoms with Crippen LogP contribution in [-0.4, -0.2) is 17.4 Å². The van der Waals surface area contributed by atoms with Crippen molar-refractivity contribution < 1.29 is 9.18 Å². The maximum Gasteiger partial charge on any atom is 0.254 e. The molecular formula is C24H22FNO. The molecule has 1 aliphatic heterocycles. The first-order valence-corrected chi connectivity index (χ1v) is 9.41. The third-order valence-electron chi connectivity index (χ3n) is 5.35. The molecule has 0 radical (unpaired) electrons. The monoisotopic (exact) mass is 359 g/mol. The summed E-state index contributed by atoms with van der Waals surface area (Å²) in [5.41, 5.74) is 4.57. The van der Waals surface area contributed by atoms with Gasteiger partial charge < -0.3 is 4.90 Å². The highest BCUT2D eigenvalue weighted by atomic mass is 19.1. The molecule has 0 fully saturated rings. The van der Waals surface area contributed by atoms with Crippen molar-refractivity contribution in [2.45, 2.75) is 25.8 Å². The van der Waals surface area contributed by atoms with Gasteiger partial charge in [0.05, 0.1) is 6.04 Å². The van der Waals surface area contributed by atoms with Crippen LogP contribution in [0.15, 0.2) is 72.8 Å². The van der Waals surface area contributed by atoms with Gasteiger partial charge in [-0.1, -0.05) is 61.5 Å². The molecule has 27 heavy (non-hydrogen) atoms. The van der Waals surface area contributed by atoms with E-state index in [0.717, 1.165) is 18.4 Å². The van der Waals surface area contributed by atoms with Crippen LogP contribution in [0.2, 0.25) is 0 Å². The lowest BCUT2D eigenvalue weighted by atomic mass is 9.87. The summed E-state index contributed by atoms with van der Waals surface area (Å²) in [7, 11) is 0. The molecule has 3 aromatic rings. The molecule has 0 N–H and O–H groups in total. The summed E-state index contributed by atoms with van der Waals surface area (Å²) in [6.07, 6.45) is 1.71. The van der Waals surface area contributed by atoms with Crippen LogP contribution in [0, 0.1) is 5.82 Å². The fraction of sp³-hybridized carbons (Fsp3) is 0.208. The highest BCUT2D eigenvalue weighted by molar-refractivity contribution is 5.95. The number of carbonyl (C=O) groups is 1. The highest BCUT2D eigenvalue weighted by Crippen LogP contribution is 2.37. The Morgan fingerprint density at radius 1 is 0.963 bits per heavy atom. The smallest absolute Gasteiger partial charge is 0.254 e. The van der Waals surface area contributed by atoms with Crippen molar-refractivity contribution in [3.8, 4) is 0 Å². The predicted octanol–water partition coefficient (Wildman–Crippen LogP) is 5.18. The van der Waals surface area contributed by atoms with E-state index in [0.29, 0.717) is 17.7 Å². The van der Waals surface area contributed by atoms with Crippen molar-refractivity contribution in [3.05, 3.63) is 106 Å². The van der Waals surface area contributed by atoms with Gasteiger partial charge in [-0.25, -0.2) is 4.39 Å². The number of hydrogen-bond donors (Lipinski definition) is 0. The summed E-state index contributed by atoms with van der Waals surface area (Å²) in [6, 6.07) is 22.1. The third-order valence-corrected chi connectivity index (χ3v) is 5.35. The molecule has 0 saturated heterocycles. The minimum Gasteiger partial charge on any atom is -0.327 e. The van der Waals surface area contributed by atoms with E-state index < -0.39 is 6.04 Å². The summed E-state index contributed by atoms with van der Waals surface area (Å²) in [5, 5.41) is 0. The molecule has 0 spiro atoms. The first-order valence-electron chi connectivity index (χ1n) is 9.41. The molecule has 0 aromatic heterocycles. The molecule has 136 valence electrons. The van der Waals surface area contributed by atoms with Crippen LogP contribution in [0.1, 0.15) is 45.6 Å². The number of fused-ring (bicyclic) bond motifs is 1. The maximum absolute atomic E-state index is 14.7. The molecule has 3 heteroatoms. The number of rotatable bonds is 3. The topological polar surface area (TPSA) is 20.3 Å². The van der Waals surface area contributed by atoms with Crippen LogP contribution >= 0.6 is 0 Å². The molecule has 1 atom stereocenters. The van der Waals surface area contributed by atoms with Gasteiger partial charge in [0.15, 0.2) is 0 Å². The summed E-state index contributed by atoms with van der Waals surface area (Å²) < 4.78 is 14.7. The van der Waals surface area contributed by atoms with E-state index in [-0.39, 0.29) is 11.7 Å². The average Bonchev–Trinajstić information content (AvgIpc) is 2.73. The quantitative estimate of drug-likeness (QED) is 0.631. The second-order valence-electron chi connectivity index (χ2n) is 6.92. The van der Waals surface area contributed by atoms with Gasteiger partial charge in [0.25, 0.3) is 5.91 Å². The molecule has 0 aliphatic carbocycles. The summed E-state index contributed by atoms with van der Waals surface area (Å²) in [6.45, 7) is 2.66. The number of amides is 1. The van der Waals surface area contributed by atoms with E-state index >= 15 is 0 Å². The lowest BCUT2D eigenvalue weighted by molar-refractivity contribution is 0.0692. The number of benzene rings is 3. The van der Waals surface area contributed by atoms with Gasteiger partial charge in [0.1, 0.15) is 5.82 Å². The zero-order chi connectivity index (χ0) is 18.8. The van der Waals surface area contributed by atoms with Gasteiger partial charge in [0, 0.05) is 17.7 Å².